The van der Waals surface area contributed by atoms with Gasteiger partial charge in [0.2, 0.25) is 0 Å². The van der Waals surface area contributed by atoms with Crippen LogP contribution in [0, 0.1) is 5.82 Å². The van der Waals surface area contributed by atoms with Gasteiger partial charge in [-0.05, 0) is 0 Å². The smallest absolute Gasteiger partial charge is 0.159 e. The first-order chi connectivity index (χ1) is 7.28. The van der Waals surface area contributed by atoms with E-state index in [1.807, 2.05) is 13.2 Å². The van der Waals surface area contributed by atoms with Crippen LogP contribution in [-0.4, -0.2) is 26.8 Å². The lowest BCUT2D eigenvalue weighted by molar-refractivity contribution is 0.596. The van der Waals surface area contributed by atoms with Crippen LogP contribution in [0.25, 0.3) is 0 Å². The summed E-state index contributed by atoms with van der Waals surface area (Å²) in [6.07, 6.45) is 5.81. The van der Waals surface area contributed by atoms with Crippen LogP contribution in [0.15, 0.2) is 24.8 Å². The third kappa shape index (κ3) is 2.28. The summed E-state index contributed by atoms with van der Waals surface area (Å²) < 4.78 is 14.2. The van der Waals surface area contributed by atoms with Gasteiger partial charge < -0.3 is 5.32 Å². The van der Waals surface area contributed by atoms with Gasteiger partial charge in [-0.2, -0.15) is 5.10 Å². The van der Waals surface area contributed by atoms with E-state index in [1.165, 1.54) is 0 Å². The summed E-state index contributed by atoms with van der Waals surface area (Å²) >= 11 is 0. The summed E-state index contributed by atoms with van der Waals surface area (Å²) in [7, 11) is 1.82. The van der Waals surface area contributed by atoms with Gasteiger partial charge in [0.05, 0.1) is 24.3 Å². The van der Waals surface area contributed by atoms with E-state index in [9.17, 15) is 4.39 Å². The molecular weight excluding hydrogens is 197 g/mol. The van der Waals surface area contributed by atoms with Gasteiger partial charge >= 0.3 is 0 Å². The highest BCUT2D eigenvalue weighted by Crippen LogP contribution is 2.04. The molecule has 0 amide bonds. The molecule has 6 heteroatoms. The van der Waals surface area contributed by atoms with E-state index in [0.717, 1.165) is 18.1 Å². The summed E-state index contributed by atoms with van der Waals surface area (Å²) in [5.74, 6) is 0.0947. The van der Waals surface area contributed by atoms with E-state index in [1.54, 1.807) is 10.9 Å². The van der Waals surface area contributed by atoms with Crippen molar-refractivity contribution < 1.29 is 4.39 Å². The van der Waals surface area contributed by atoms with Crippen LogP contribution >= 0.6 is 0 Å². The van der Waals surface area contributed by atoms with E-state index in [2.05, 4.69) is 20.4 Å². The topological polar surface area (TPSA) is 55.6 Å². The quantitative estimate of drug-likeness (QED) is 0.812. The van der Waals surface area contributed by atoms with Gasteiger partial charge in [0.25, 0.3) is 0 Å². The second-order valence-electron chi connectivity index (χ2n) is 2.99. The Morgan fingerprint density at radius 3 is 2.67 bits per heavy atom. The molecule has 0 aliphatic carbocycles. The zero-order chi connectivity index (χ0) is 10.7. The predicted molar refractivity (Wildman–Crippen MR) is 52.9 cm³/mol. The Hall–Kier alpha value is -1.98. The largest absolute Gasteiger partial charge is 0.386 e. The highest BCUT2D eigenvalue weighted by atomic mass is 19.1. The van der Waals surface area contributed by atoms with Crippen LogP contribution in [0.4, 0.5) is 10.1 Å². The van der Waals surface area contributed by atoms with Crippen molar-refractivity contribution in [2.45, 2.75) is 6.54 Å². The lowest BCUT2D eigenvalue weighted by atomic mass is 10.5. The summed E-state index contributed by atoms with van der Waals surface area (Å²) in [5, 5.41) is 7.04. The number of hydrogen-bond acceptors (Lipinski definition) is 4. The van der Waals surface area contributed by atoms with E-state index < -0.39 is 5.82 Å². The molecule has 78 valence electrons. The molecule has 0 atom stereocenters. The van der Waals surface area contributed by atoms with E-state index >= 15 is 0 Å². The van der Waals surface area contributed by atoms with E-state index in [4.69, 9.17) is 0 Å². The summed E-state index contributed by atoms with van der Waals surface area (Å²) in [5.41, 5.74) is 0.914. The fourth-order valence-electron chi connectivity index (χ4n) is 1.14. The molecule has 0 bridgehead atoms. The molecule has 2 aromatic heterocycles. The first kappa shape index (κ1) is 9.57. The monoisotopic (exact) mass is 207 g/mol. The van der Waals surface area contributed by atoms with Crippen molar-refractivity contribution >= 4 is 5.69 Å². The molecule has 2 heterocycles. The van der Waals surface area contributed by atoms with Crippen molar-refractivity contribution in [2.24, 2.45) is 0 Å². The normalized spacial score (nSPS) is 10.3. The Bertz CT molecular complexity index is 436. The molecule has 2 aromatic rings. The van der Waals surface area contributed by atoms with Crippen molar-refractivity contribution in [1.29, 1.82) is 0 Å². The van der Waals surface area contributed by atoms with E-state index in [0.29, 0.717) is 12.4 Å². The number of rotatable bonds is 3. The first-order valence-electron chi connectivity index (χ1n) is 4.44. The molecule has 1 N–H and O–H groups in total. The Morgan fingerprint density at radius 2 is 2.07 bits per heavy atom. The van der Waals surface area contributed by atoms with Crippen LogP contribution in [0.2, 0.25) is 0 Å². The van der Waals surface area contributed by atoms with E-state index in [-0.39, 0.29) is 0 Å². The third-order valence-corrected chi connectivity index (χ3v) is 1.90. The van der Waals surface area contributed by atoms with Crippen LogP contribution in [-0.2, 0) is 6.54 Å². The van der Waals surface area contributed by atoms with Crippen molar-refractivity contribution in [2.75, 3.05) is 12.4 Å². The van der Waals surface area contributed by atoms with Crippen molar-refractivity contribution in [3.8, 4) is 0 Å². The van der Waals surface area contributed by atoms with Crippen LogP contribution < -0.4 is 5.32 Å². The van der Waals surface area contributed by atoms with Crippen LogP contribution in [0.3, 0.4) is 0 Å². The average molecular weight is 207 g/mol. The lowest BCUT2D eigenvalue weighted by Gasteiger charge is -1.99. The fraction of sp³-hybridized carbons (Fsp3) is 0.222. The van der Waals surface area contributed by atoms with Gasteiger partial charge in [-0.25, -0.2) is 14.4 Å². The number of nitrogens with one attached hydrogen (secondary N) is 1. The molecule has 0 saturated carbocycles. The minimum Gasteiger partial charge on any atom is -0.386 e. The minimum atomic E-state index is -0.435. The second kappa shape index (κ2) is 4.04. The molecule has 0 radical (unpaired) electrons. The highest BCUT2D eigenvalue weighted by molar-refractivity contribution is 5.36. The molecule has 0 saturated heterocycles. The third-order valence-electron chi connectivity index (χ3n) is 1.90. The zero-order valence-electron chi connectivity index (χ0n) is 8.18. The molecular formula is C9H10FN5. The maximum Gasteiger partial charge on any atom is 0.159 e. The van der Waals surface area contributed by atoms with Crippen LogP contribution in [0.1, 0.15) is 5.82 Å². The molecule has 0 aliphatic rings. The molecule has 0 aromatic carbocycles. The Morgan fingerprint density at radius 1 is 1.33 bits per heavy atom. The number of anilines is 1. The molecule has 2 rings (SSSR count). The number of aromatic nitrogens is 4. The average Bonchev–Trinajstić information content (AvgIpc) is 2.69. The Balaban J connectivity index is 2.11. The van der Waals surface area contributed by atoms with Gasteiger partial charge in [-0.15, -0.1) is 0 Å². The number of halogens is 1. The first-order valence-corrected chi connectivity index (χ1v) is 4.44. The molecule has 0 unspecified atom stereocenters. The summed E-state index contributed by atoms with van der Waals surface area (Å²) in [6.45, 7) is 0.432. The molecule has 0 spiro atoms. The minimum absolute atomic E-state index is 0.432. The van der Waals surface area contributed by atoms with Crippen molar-refractivity contribution in [3.05, 3.63) is 36.4 Å². The second-order valence-corrected chi connectivity index (χ2v) is 2.99. The SMILES string of the molecule is CNc1cnn(Cc2ncc(F)cn2)c1. The zero-order valence-corrected chi connectivity index (χ0v) is 8.18. The van der Waals surface area contributed by atoms with Gasteiger partial charge in [-0.3, -0.25) is 4.68 Å². The van der Waals surface area contributed by atoms with Gasteiger partial charge in [0, 0.05) is 13.2 Å². The molecule has 0 fully saturated rings. The van der Waals surface area contributed by atoms with Crippen LogP contribution in [0.5, 0.6) is 0 Å². The van der Waals surface area contributed by atoms with Gasteiger partial charge in [0.1, 0.15) is 12.4 Å². The lowest BCUT2D eigenvalue weighted by Crippen LogP contribution is -2.04. The maximum atomic E-state index is 12.5. The highest BCUT2D eigenvalue weighted by Gasteiger charge is 2.00. The molecule has 15 heavy (non-hydrogen) atoms. The van der Waals surface area contributed by atoms with Gasteiger partial charge in [0.15, 0.2) is 5.82 Å². The fourth-order valence-corrected chi connectivity index (χ4v) is 1.14. The maximum absolute atomic E-state index is 12.5. The standard InChI is InChI=1S/C9H10FN5/c1-11-8-4-14-15(5-8)6-9-12-2-7(10)3-13-9/h2-5,11H,6H2,1H3. The molecule has 5 nitrogen and oxygen atoms in total. The Labute approximate surface area is 86.0 Å². The number of hydrogen-bond donors (Lipinski definition) is 1. The summed E-state index contributed by atoms with van der Waals surface area (Å²) in [6, 6.07) is 0. The Kier molecular flexibility index (Phi) is 2.57. The summed E-state index contributed by atoms with van der Waals surface area (Å²) in [4.78, 5) is 7.68. The van der Waals surface area contributed by atoms with Gasteiger partial charge in [-0.1, -0.05) is 0 Å². The number of nitrogens with zero attached hydrogens (tertiary/aromatic N) is 4. The van der Waals surface area contributed by atoms with Crippen molar-refractivity contribution in [1.82, 2.24) is 19.7 Å². The predicted octanol–water partition coefficient (Wildman–Crippen LogP) is 0.902. The van der Waals surface area contributed by atoms with Crippen molar-refractivity contribution in [3.63, 3.8) is 0 Å². The molecule has 0 aliphatic heterocycles.